The van der Waals surface area contributed by atoms with E-state index in [0.29, 0.717) is 0 Å². The molecular formula is C15H19NO4. The lowest BCUT2D eigenvalue weighted by atomic mass is 9.92. The maximum absolute atomic E-state index is 11.8. The Morgan fingerprint density at radius 3 is 2.55 bits per heavy atom. The third-order valence-corrected chi connectivity index (χ3v) is 3.60. The molecule has 0 aliphatic heterocycles. The molecule has 0 saturated heterocycles. The summed E-state index contributed by atoms with van der Waals surface area (Å²) in [7, 11) is 0. The lowest BCUT2D eigenvalue weighted by molar-refractivity contribution is -0.138. The van der Waals surface area contributed by atoms with E-state index in [0.717, 1.165) is 18.4 Å². The van der Waals surface area contributed by atoms with E-state index >= 15 is 0 Å². The molecule has 1 aromatic rings. The molecule has 0 spiro atoms. The van der Waals surface area contributed by atoms with Crippen molar-refractivity contribution in [3.05, 3.63) is 35.9 Å². The first-order valence-electron chi connectivity index (χ1n) is 6.70. The fraction of sp³-hybridized carbons (Fsp3) is 0.467. The Morgan fingerprint density at radius 1 is 1.35 bits per heavy atom. The molecule has 2 N–H and O–H groups in total. The Hall–Kier alpha value is -2.04. The summed E-state index contributed by atoms with van der Waals surface area (Å²) in [6.45, 7) is 1.95. The second kappa shape index (κ2) is 5.94. The van der Waals surface area contributed by atoms with Gasteiger partial charge in [-0.3, -0.25) is 4.79 Å². The molecule has 20 heavy (non-hydrogen) atoms. The van der Waals surface area contributed by atoms with Crippen LogP contribution in [-0.2, 0) is 16.1 Å². The van der Waals surface area contributed by atoms with Crippen LogP contribution in [0.25, 0.3) is 0 Å². The summed E-state index contributed by atoms with van der Waals surface area (Å²) in [5.74, 6) is -0.689. The minimum atomic E-state index is -0.914. The third-order valence-electron chi connectivity index (χ3n) is 3.60. The summed E-state index contributed by atoms with van der Waals surface area (Å²) >= 11 is 0. The first-order valence-corrected chi connectivity index (χ1v) is 6.70. The van der Waals surface area contributed by atoms with E-state index < -0.39 is 17.6 Å². The fourth-order valence-electron chi connectivity index (χ4n) is 2.32. The van der Waals surface area contributed by atoms with E-state index in [1.54, 1.807) is 6.92 Å². The summed E-state index contributed by atoms with van der Waals surface area (Å²) in [6, 6.07) is 9.36. The van der Waals surface area contributed by atoms with Crippen molar-refractivity contribution in [2.75, 3.05) is 0 Å². The van der Waals surface area contributed by atoms with Gasteiger partial charge in [0.05, 0.1) is 12.0 Å². The minimum Gasteiger partial charge on any atom is -0.481 e. The quantitative estimate of drug-likeness (QED) is 0.838. The zero-order valence-corrected chi connectivity index (χ0v) is 11.5. The molecule has 1 aliphatic rings. The van der Waals surface area contributed by atoms with E-state index in [9.17, 15) is 9.59 Å². The highest BCUT2D eigenvalue weighted by atomic mass is 16.5. The molecule has 5 heteroatoms. The Bertz CT molecular complexity index is 484. The number of hydrogen-bond donors (Lipinski definition) is 2. The number of carboxylic acids is 1. The summed E-state index contributed by atoms with van der Waals surface area (Å²) in [4.78, 5) is 22.7. The van der Waals surface area contributed by atoms with Crippen LogP contribution in [0.4, 0.5) is 4.79 Å². The second-order valence-electron chi connectivity index (χ2n) is 5.45. The van der Waals surface area contributed by atoms with Gasteiger partial charge in [-0.1, -0.05) is 30.3 Å². The van der Waals surface area contributed by atoms with Gasteiger partial charge in [-0.25, -0.2) is 4.79 Å². The molecule has 2 rings (SSSR count). The zero-order chi connectivity index (χ0) is 14.6. The highest BCUT2D eigenvalue weighted by Crippen LogP contribution is 2.41. The van der Waals surface area contributed by atoms with Crippen molar-refractivity contribution in [1.82, 2.24) is 5.32 Å². The highest BCUT2D eigenvalue weighted by Gasteiger charge is 2.44. The summed E-state index contributed by atoms with van der Waals surface area (Å²) < 4.78 is 5.14. The number of rotatable bonds is 6. The Labute approximate surface area is 117 Å². The number of hydrogen-bond acceptors (Lipinski definition) is 3. The number of alkyl carbamates (subject to hydrolysis) is 1. The molecule has 1 aromatic carbocycles. The van der Waals surface area contributed by atoms with Gasteiger partial charge in [0, 0.05) is 0 Å². The van der Waals surface area contributed by atoms with Crippen LogP contribution in [0.5, 0.6) is 0 Å². The van der Waals surface area contributed by atoms with Gasteiger partial charge in [0.25, 0.3) is 0 Å². The molecule has 1 saturated carbocycles. The van der Waals surface area contributed by atoms with Gasteiger partial charge in [-0.05, 0) is 31.2 Å². The molecule has 5 nitrogen and oxygen atoms in total. The molecule has 0 radical (unpaired) electrons. The molecular weight excluding hydrogens is 258 g/mol. The molecule has 0 heterocycles. The van der Waals surface area contributed by atoms with Crippen molar-refractivity contribution >= 4 is 12.1 Å². The third kappa shape index (κ3) is 3.98. The fourth-order valence-corrected chi connectivity index (χ4v) is 2.32. The predicted octanol–water partition coefficient (Wildman–Crippen LogP) is 2.56. The van der Waals surface area contributed by atoms with E-state index in [1.165, 1.54) is 0 Å². The molecule has 0 unspecified atom stereocenters. The van der Waals surface area contributed by atoms with Gasteiger partial charge in [0.2, 0.25) is 0 Å². The van der Waals surface area contributed by atoms with Crippen LogP contribution in [0.1, 0.15) is 31.7 Å². The van der Waals surface area contributed by atoms with Crippen molar-refractivity contribution in [2.45, 2.75) is 38.3 Å². The SMILES string of the molecule is C[C@@](CC(=O)O)(NC(=O)OCc1ccccc1)C1CC1. The van der Waals surface area contributed by atoms with Crippen molar-refractivity contribution in [1.29, 1.82) is 0 Å². The van der Waals surface area contributed by atoms with Crippen LogP contribution in [0.3, 0.4) is 0 Å². The van der Waals surface area contributed by atoms with Crippen molar-refractivity contribution in [3.8, 4) is 0 Å². The first kappa shape index (κ1) is 14.4. The van der Waals surface area contributed by atoms with Crippen LogP contribution >= 0.6 is 0 Å². The van der Waals surface area contributed by atoms with Gasteiger partial charge in [-0.15, -0.1) is 0 Å². The molecule has 1 fully saturated rings. The molecule has 1 amide bonds. The van der Waals surface area contributed by atoms with Crippen LogP contribution in [0, 0.1) is 5.92 Å². The second-order valence-corrected chi connectivity index (χ2v) is 5.45. The van der Waals surface area contributed by atoms with Crippen LogP contribution in [0.2, 0.25) is 0 Å². The van der Waals surface area contributed by atoms with E-state index in [-0.39, 0.29) is 18.9 Å². The van der Waals surface area contributed by atoms with Gasteiger partial charge >= 0.3 is 12.1 Å². The Kier molecular flexibility index (Phi) is 4.27. The normalized spacial score (nSPS) is 17.1. The average molecular weight is 277 g/mol. The average Bonchev–Trinajstić information content (AvgIpc) is 3.21. The largest absolute Gasteiger partial charge is 0.481 e. The smallest absolute Gasteiger partial charge is 0.407 e. The molecule has 108 valence electrons. The number of nitrogens with one attached hydrogen (secondary N) is 1. The van der Waals surface area contributed by atoms with Crippen LogP contribution < -0.4 is 5.32 Å². The van der Waals surface area contributed by atoms with Crippen molar-refractivity contribution < 1.29 is 19.4 Å². The van der Waals surface area contributed by atoms with Gasteiger partial charge in [0.1, 0.15) is 6.61 Å². The maximum atomic E-state index is 11.8. The number of carbonyl (C=O) groups is 2. The first-order chi connectivity index (χ1) is 9.49. The lowest BCUT2D eigenvalue weighted by Gasteiger charge is -2.28. The molecule has 1 aliphatic carbocycles. The predicted molar refractivity (Wildman–Crippen MR) is 73.1 cm³/mol. The molecule has 0 bridgehead atoms. The van der Waals surface area contributed by atoms with Crippen LogP contribution in [-0.4, -0.2) is 22.7 Å². The number of benzene rings is 1. The van der Waals surface area contributed by atoms with E-state index in [1.807, 2.05) is 30.3 Å². The maximum Gasteiger partial charge on any atom is 0.407 e. The van der Waals surface area contributed by atoms with Gasteiger partial charge < -0.3 is 15.2 Å². The van der Waals surface area contributed by atoms with Crippen molar-refractivity contribution in [2.24, 2.45) is 5.92 Å². The standard InChI is InChI=1S/C15H19NO4/c1-15(9-13(17)18,12-7-8-12)16-14(19)20-10-11-5-3-2-4-6-11/h2-6,12H,7-10H2,1H3,(H,16,19)(H,17,18)/t15-/m0/s1. The summed E-state index contributed by atoms with van der Waals surface area (Å²) in [6.07, 6.45) is 1.24. The topological polar surface area (TPSA) is 75.6 Å². The Morgan fingerprint density at radius 2 is 2.00 bits per heavy atom. The Balaban J connectivity index is 1.87. The summed E-state index contributed by atoms with van der Waals surface area (Å²) in [5, 5.41) is 11.7. The molecule has 1 atom stereocenters. The number of carboxylic acid groups (broad SMARTS) is 1. The number of carbonyl (C=O) groups excluding carboxylic acids is 1. The van der Waals surface area contributed by atoms with Gasteiger partial charge in [-0.2, -0.15) is 0 Å². The van der Waals surface area contributed by atoms with Gasteiger partial charge in [0.15, 0.2) is 0 Å². The zero-order valence-electron chi connectivity index (χ0n) is 11.5. The number of ether oxygens (including phenoxy) is 1. The van der Waals surface area contributed by atoms with Crippen LogP contribution in [0.15, 0.2) is 30.3 Å². The number of aliphatic carboxylic acids is 1. The van der Waals surface area contributed by atoms with E-state index in [2.05, 4.69) is 5.32 Å². The molecule has 0 aromatic heterocycles. The van der Waals surface area contributed by atoms with E-state index in [4.69, 9.17) is 9.84 Å². The minimum absolute atomic E-state index is 0.0852. The highest BCUT2D eigenvalue weighted by molar-refractivity contribution is 5.72. The monoisotopic (exact) mass is 277 g/mol. The number of amides is 1. The summed E-state index contributed by atoms with van der Waals surface area (Å²) in [5.41, 5.74) is 0.175. The van der Waals surface area contributed by atoms with Crippen molar-refractivity contribution in [3.63, 3.8) is 0 Å². The lowest BCUT2D eigenvalue weighted by Crippen LogP contribution is -2.49.